The molecule has 1 N–H and O–H groups in total. The molecule has 2 aliphatic heterocycles. The monoisotopic (exact) mass is 428 g/mol. The van der Waals surface area contributed by atoms with Crippen LogP contribution in [0.3, 0.4) is 0 Å². The van der Waals surface area contributed by atoms with E-state index in [1.165, 1.54) is 0 Å². The van der Waals surface area contributed by atoms with Crippen LogP contribution in [0.25, 0.3) is 0 Å². The van der Waals surface area contributed by atoms with Gasteiger partial charge in [-0.3, -0.25) is 9.59 Å². The van der Waals surface area contributed by atoms with Crippen LogP contribution >= 0.6 is 11.6 Å². The lowest BCUT2D eigenvalue weighted by Crippen LogP contribution is -2.51. The Morgan fingerprint density at radius 3 is 2.33 bits per heavy atom. The lowest BCUT2D eigenvalue weighted by Gasteiger charge is -2.36. The largest absolute Gasteiger partial charge is 0.378 e. The van der Waals surface area contributed by atoms with Gasteiger partial charge in [0.15, 0.2) is 0 Å². The first-order valence-corrected chi connectivity index (χ1v) is 10.5. The molecule has 2 aromatic rings. The van der Waals surface area contributed by atoms with Crippen LogP contribution in [-0.2, 0) is 14.3 Å². The number of morpholine rings is 1. The summed E-state index contributed by atoms with van der Waals surface area (Å²) in [6, 6.07) is 15.2. The van der Waals surface area contributed by atoms with Crippen molar-refractivity contribution in [2.75, 3.05) is 67.6 Å². The van der Waals surface area contributed by atoms with Gasteiger partial charge in [0, 0.05) is 50.0 Å². The van der Waals surface area contributed by atoms with Gasteiger partial charge in [-0.1, -0.05) is 29.8 Å². The van der Waals surface area contributed by atoms with Crippen molar-refractivity contribution in [3.05, 3.63) is 53.6 Å². The number of hydrogen-bond donors (Lipinski definition) is 1. The molecule has 2 saturated heterocycles. The fourth-order valence-electron chi connectivity index (χ4n) is 3.82. The van der Waals surface area contributed by atoms with Crippen molar-refractivity contribution in [3.63, 3.8) is 0 Å². The zero-order valence-electron chi connectivity index (χ0n) is 16.7. The van der Waals surface area contributed by atoms with Gasteiger partial charge in [-0.25, -0.2) is 0 Å². The van der Waals surface area contributed by atoms with Crippen LogP contribution in [-0.4, -0.2) is 69.2 Å². The average molecular weight is 429 g/mol. The maximum absolute atomic E-state index is 12.7. The zero-order valence-corrected chi connectivity index (χ0v) is 17.5. The second-order valence-electron chi connectivity index (χ2n) is 7.33. The number of nitrogens with one attached hydrogen (secondary N) is 1. The van der Waals surface area contributed by atoms with Gasteiger partial charge >= 0.3 is 11.8 Å². The number of piperazine rings is 1. The summed E-state index contributed by atoms with van der Waals surface area (Å²) < 4.78 is 5.41. The first-order valence-electron chi connectivity index (χ1n) is 10.1. The van der Waals surface area contributed by atoms with Crippen molar-refractivity contribution < 1.29 is 14.3 Å². The molecular formula is C22H25ClN4O3. The highest BCUT2D eigenvalue weighted by atomic mass is 35.5. The van der Waals surface area contributed by atoms with Crippen molar-refractivity contribution in [1.82, 2.24) is 4.90 Å². The van der Waals surface area contributed by atoms with Crippen LogP contribution in [0.4, 0.5) is 17.1 Å². The predicted octanol–water partition coefficient (Wildman–Crippen LogP) is 2.46. The van der Waals surface area contributed by atoms with E-state index in [0.29, 0.717) is 50.1 Å². The summed E-state index contributed by atoms with van der Waals surface area (Å²) in [7, 11) is 0. The Morgan fingerprint density at radius 1 is 0.867 bits per heavy atom. The lowest BCUT2D eigenvalue weighted by atomic mass is 10.2. The summed E-state index contributed by atoms with van der Waals surface area (Å²) in [5, 5.41) is 3.50. The number of halogens is 1. The molecule has 2 aliphatic rings. The fourth-order valence-corrected chi connectivity index (χ4v) is 4.00. The summed E-state index contributed by atoms with van der Waals surface area (Å²) in [6.07, 6.45) is 0. The van der Waals surface area contributed by atoms with Crippen LogP contribution in [0.2, 0.25) is 5.02 Å². The molecule has 0 bridgehead atoms. The van der Waals surface area contributed by atoms with Crippen LogP contribution in [0, 0.1) is 0 Å². The van der Waals surface area contributed by atoms with Gasteiger partial charge in [-0.15, -0.1) is 0 Å². The highest BCUT2D eigenvalue weighted by Gasteiger charge is 2.27. The predicted molar refractivity (Wildman–Crippen MR) is 118 cm³/mol. The van der Waals surface area contributed by atoms with Crippen molar-refractivity contribution in [3.8, 4) is 0 Å². The third kappa shape index (κ3) is 4.68. The molecule has 4 rings (SSSR count). The number of ether oxygens (including phenoxy) is 1. The van der Waals surface area contributed by atoms with Crippen molar-refractivity contribution in [2.24, 2.45) is 0 Å². The minimum absolute atomic E-state index is 0.490. The Kier molecular flexibility index (Phi) is 6.40. The Morgan fingerprint density at radius 2 is 1.60 bits per heavy atom. The molecule has 8 heteroatoms. The second-order valence-corrected chi connectivity index (χ2v) is 7.77. The smallest absolute Gasteiger partial charge is 0.313 e. The van der Waals surface area contributed by atoms with Crippen LogP contribution in [0.5, 0.6) is 0 Å². The second kappa shape index (κ2) is 9.36. The summed E-state index contributed by atoms with van der Waals surface area (Å²) in [4.78, 5) is 31.3. The van der Waals surface area contributed by atoms with Gasteiger partial charge < -0.3 is 24.8 Å². The number of carbonyl (C=O) groups excluding carboxylic acids is 2. The number of rotatable bonds is 3. The third-order valence-electron chi connectivity index (χ3n) is 5.44. The van der Waals surface area contributed by atoms with Crippen LogP contribution < -0.4 is 15.1 Å². The molecule has 0 radical (unpaired) electrons. The van der Waals surface area contributed by atoms with Crippen molar-refractivity contribution in [2.45, 2.75) is 0 Å². The molecule has 2 amide bonds. The van der Waals surface area contributed by atoms with E-state index in [0.717, 1.165) is 24.5 Å². The first kappa shape index (κ1) is 20.5. The fraction of sp³-hybridized carbons (Fsp3) is 0.364. The van der Waals surface area contributed by atoms with Crippen LogP contribution in [0.15, 0.2) is 48.5 Å². The average Bonchev–Trinajstić information content (AvgIpc) is 2.79. The van der Waals surface area contributed by atoms with Crippen molar-refractivity contribution in [1.29, 1.82) is 0 Å². The third-order valence-corrected chi connectivity index (χ3v) is 5.67. The molecule has 0 aromatic heterocycles. The van der Waals surface area contributed by atoms with Gasteiger partial charge in [-0.2, -0.15) is 0 Å². The van der Waals surface area contributed by atoms with E-state index in [9.17, 15) is 9.59 Å². The Labute approximate surface area is 181 Å². The number of anilines is 3. The summed E-state index contributed by atoms with van der Waals surface area (Å²) >= 11 is 6.08. The number of nitrogens with zero attached hydrogens (tertiary/aromatic N) is 3. The van der Waals surface area contributed by atoms with E-state index in [1.54, 1.807) is 4.90 Å². The number of benzene rings is 2. The van der Waals surface area contributed by atoms with Crippen molar-refractivity contribution >= 4 is 40.5 Å². The minimum atomic E-state index is -0.605. The number of amides is 2. The van der Waals surface area contributed by atoms with E-state index < -0.39 is 11.8 Å². The van der Waals surface area contributed by atoms with E-state index >= 15 is 0 Å². The molecule has 2 heterocycles. The molecule has 0 saturated carbocycles. The van der Waals surface area contributed by atoms with E-state index in [2.05, 4.69) is 15.1 Å². The van der Waals surface area contributed by atoms with Gasteiger partial charge in [0.1, 0.15) is 0 Å². The zero-order chi connectivity index (χ0) is 20.9. The SMILES string of the molecule is O=C(Nc1ccccc1N1CCOCC1)C(=O)N1CCN(c2cccc(Cl)c2)CC1. The highest BCUT2D eigenvalue weighted by Crippen LogP contribution is 2.26. The molecule has 0 aliphatic carbocycles. The topological polar surface area (TPSA) is 65.1 Å². The summed E-state index contributed by atoms with van der Waals surface area (Å²) in [5.41, 5.74) is 2.58. The molecule has 0 atom stereocenters. The Bertz CT molecular complexity index is 909. The molecule has 2 aromatic carbocycles. The highest BCUT2D eigenvalue weighted by molar-refractivity contribution is 6.39. The maximum atomic E-state index is 12.7. The van der Waals surface area contributed by atoms with E-state index in [-0.39, 0.29) is 0 Å². The van der Waals surface area contributed by atoms with E-state index in [1.807, 2.05) is 48.5 Å². The maximum Gasteiger partial charge on any atom is 0.313 e. The minimum Gasteiger partial charge on any atom is -0.378 e. The van der Waals surface area contributed by atoms with Gasteiger partial charge in [0.2, 0.25) is 0 Å². The van der Waals surface area contributed by atoms with E-state index in [4.69, 9.17) is 16.3 Å². The number of hydrogen-bond acceptors (Lipinski definition) is 5. The molecule has 30 heavy (non-hydrogen) atoms. The summed E-state index contributed by atoms with van der Waals surface area (Å²) in [5.74, 6) is -1.11. The van der Waals surface area contributed by atoms with Gasteiger partial charge in [0.05, 0.1) is 24.6 Å². The number of para-hydroxylation sites is 2. The van der Waals surface area contributed by atoms with Gasteiger partial charge in [-0.05, 0) is 30.3 Å². The lowest BCUT2D eigenvalue weighted by molar-refractivity contribution is -0.143. The standard InChI is InChI=1S/C22H25ClN4O3/c23-17-4-3-5-18(16-17)25-8-10-27(11-9-25)22(29)21(28)24-19-6-1-2-7-20(19)26-12-14-30-15-13-26/h1-7,16H,8-15H2,(H,24,28). The van der Waals surface area contributed by atoms with Crippen LogP contribution in [0.1, 0.15) is 0 Å². The Hall–Kier alpha value is -2.77. The molecule has 0 unspecified atom stereocenters. The normalized spacial score (nSPS) is 17.0. The summed E-state index contributed by atoms with van der Waals surface area (Å²) in [6.45, 7) is 5.11. The first-order chi connectivity index (χ1) is 14.6. The Balaban J connectivity index is 1.36. The van der Waals surface area contributed by atoms with Gasteiger partial charge in [0.25, 0.3) is 0 Å². The number of carbonyl (C=O) groups is 2. The molecule has 7 nitrogen and oxygen atoms in total. The molecule has 158 valence electrons. The molecule has 0 spiro atoms. The molecular weight excluding hydrogens is 404 g/mol. The quantitative estimate of drug-likeness (QED) is 0.761. The molecule has 2 fully saturated rings.